The second kappa shape index (κ2) is 5.82. The first-order valence-electron chi connectivity index (χ1n) is 6.77. The number of carbonyl (C=O) groups is 1. The van der Waals surface area contributed by atoms with Gasteiger partial charge in [-0.05, 0) is 18.6 Å². The highest BCUT2D eigenvalue weighted by Crippen LogP contribution is 2.35. The van der Waals surface area contributed by atoms with Gasteiger partial charge in [-0.3, -0.25) is 4.79 Å². The van der Waals surface area contributed by atoms with Crippen molar-refractivity contribution in [3.63, 3.8) is 0 Å². The van der Waals surface area contributed by atoms with Crippen LogP contribution in [0.15, 0.2) is 4.34 Å². The second-order valence-electron chi connectivity index (χ2n) is 5.05. The molecule has 116 valence electrons. The third kappa shape index (κ3) is 3.22. The van der Waals surface area contributed by atoms with Gasteiger partial charge in [-0.25, -0.2) is 8.42 Å². The molecule has 10 heteroatoms. The highest BCUT2D eigenvalue weighted by atomic mass is 32.2. The molecule has 1 N–H and O–H groups in total. The topological polar surface area (TPSA) is 92.3 Å². The van der Waals surface area contributed by atoms with Crippen molar-refractivity contribution in [3.05, 3.63) is 0 Å². The molecule has 1 saturated carbocycles. The van der Waals surface area contributed by atoms with Crippen LogP contribution < -0.4 is 5.32 Å². The lowest BCUT2D eigenvalue weighted by Crippen LogP contribution is -2.55. The number of amides is 1. The maximum Gasteiger partial charge on any atom is 0.231 e. The normalized spacial score (nSPS) is 20.2. The largest absolute Gasteiger partial charge is 0.300 e. The van der Waals surface area contributed by atoms with Gasteiger partial charge >= 0.3 is 0 Å². The van der Waals surface area contributed by atoms with Crippen LogP contribution in [0, 0.1) is 5.92 Å². The molecule has 21 heavy (non-hydrogen) atoms. The van der Waals surface area contributed by atoms with Gasteiger partial charge in [0.1, 0.15) is 0 Å². The number of rotatable bonds is 6. The van der Waals surface area contributed by atoms with Crippen LogP contribution in [0.4, 0.5) is 5.13 Å². The lowest BCUT2D eigenvalue weighted by Gasteiger charge is -2.36. The van der Waals surface area contributed by atoms with Crippen molar-refractivity contribution in [1.29, 1.82) is 0 Å². The van der Waals surface area contributed by atoms with Gasteiger partial charge in [-0.15, -0.1) is 10.2 Å². The number of hydrogen-bond acceptors (Lipinski definition) is 7. The maximum absolute atomic E-state index is 12.0. The number of hydrogen-bond donors (Lipinski definition) is 1. The zero-order valence-electron chi connectivity index (χ0n) is 11.5. The molecule has 1 saturated heterocycles. The number of carbonyl (C=O) groups excluding carboxylic acids is 1. The third-order valence-corrected chi connectivity index (χ3v) is 7.61. The summed E-state index contributed by atoms with van der Waals surface area (Å²) >= 11 is 2.91. The molecule has 1 aliphatic carbocycles. The third-order valence-electron chi connectivity index (χ3n) is 3.43. The van der Waals surface area contributed by atoms with Gasteiger partial charge in [-0.1, -0.05) is 30.0 Å². The number of nitrogens with one attached hydrogen (secondary N) is 1. The summed E-state index contributed by atoms with van der Waals surface area (Å²) in [5, 5.41) is 10.8. The molecule has 2 fully saturated rings. The van der Waals surface area contributed by atoms with E-state index in [2.05, 4.69) is 15.5 Å². The van der Waals surface area contributed by atoms with Crippen LogP contribution in [0.25, 0.3) is 0 Å². The van der Waals surface area contributed by atoms with Gasteiger partial charge in [0, 0.05) is 13.1 Å². The Balaban J connectivity index is 1.51. The molecule has 0 radical (unpaired) electrons. The van der Waals surface area contributed by atoms with Crippen LogP contribution in [-0.2, 0) is 14.8 Å². The molecular weight excluding hydrogens is 332 g/mol. The van der Waals surface area contributed by atoms with E-state index in [0.29, 0.717) is 5.13 Å². The van der Waals surface area contributed by atoms with Crippen molar-refractivity contribution < 1.29 is 13.2 Å². The minimum Gasteiger partial charge on any atom is -0.300 e. The molecule has 7 nitrogen and oxygen atoms in total. The molecule has 3 rings (SSSR count). The fourth-order valence-electron chi connectivity index (χ4n) is 2.04. The van der Waals surface area contributed by atoms with Crippen LogP contribution in [0.2, 0.25) is 0 Å². The van der Waals surface area contributed by atoms with Crippen LogP contribution in [0.5, 0.6) is 0 Å². The minimum atomic E-state index is -3.15. The Kier molecular flexibility index (Phi) is 4.21. The number of nitrogens with zero attached hydrogens (tertiary/aromatic N) is 3. The van der Waals surface area contributed by atoms with Gasteiger partial charge in [-0.2, -0.15) is 4.31 Å². The summed E-state index contributed by atoms with van der Waals surface area (Å²) in [4.78, 5) is 12.0. The van der Waals surface area contributed by atoms with E-state index in [1.807, 2.05) is 6.92 Å². The minimum absolute atomic E-state index is 0.179. The summed E-state index contributed by atoms with van der Waals surface area (Å²) in [7, 11) is -3.15. The molecule has 1 amide bonds. The Bertz CT molecular complexity index is 635. The van der Waals surface area contributed by atoms with E-state index in [0.717, 1.165) is 22.9 Å². The van der Waals surface area contributed by atoms with Crippen LogP contribution in [-0.4, -0.2) is 52.9 Å². The first-order chi connectivity index (χ1) is 10.0. The van der Waals surface area contributed by atoms with E-state index >= 15 is 0 Å². The monoisotopic (exact) mass is 348 g/mol. The fourth-order valence-corrected chi connectivity index (χ4v) is 5.62. The Hall–Kier alpha value is -0.710. The zero-order chi connectivity index (χ0) is 15.0. The Morgan fingerprint density at radius 2 is 2.14 bits per heavy atom. The molecule has 2 aliphatic rings. The second-order valence-corrected chi connectivity index (χ2v) is 9.76. The van der Waals surface area contributed by atoms with Gasteiger partial charge in [0.2, 0.25) is 21.1 Å². The Morgan fingerprint density at radius 3 is 2.76 bits per heavy atom. The summed E-state index contributed by atoms with van der Waals surface area (Å²) in [5.41, 5.74) is 0. The molecule has 1 aromatic rings. The molecule has 0 aromatic carbocycles. The molecule has 1 aromatic heterocycles. The first kappa shape index (κ1) is 15.2. The van der Waals surface area contributed by atoms with Crippen molar-refractivity contribution in [2.24, 2.45) is 5.92 Å². The van der Waals surface area contributed by atoms with E-state index in [-0.39, 0.29) is 30.2 Å². The lowest BCUT2D eigenvalue weighted by atomic mass is 10.0. The Morgan fingerprint density at radius 1 is 1.43 bits per heavy atom. The van der Waals surface area contributed by atoms with E-state index in [1.165, 1.54) is 15.6 Å². The summed E-state index contributed by atoms with van der Waals surface area (Å²) in [6.45, 7) is 2.58. The highest BCUT2D eigenvalue weighted by molar-refractivity contribution is 8.01. The Labute approximate surface area is 131 Å². The summed E-state index contributed by atoms with van der Waals surface area (Å²) < 4.78 is 26.1. The van der Waals surface area contributed by atoms with Gasteiger partial charge in [0.25, 0.3) is 0 Å². The predicted octanol–water partition coefficient (Wildman–Crippen LogP) is 1.01. The van der Waals surface area contributed by atoms with E-state index in [9.17, 15) is 13.2 Å². The maximum atomic E-state index is 12.0. The molecule has 0 atom stereocenters. The quantitative estimate of drug-likeness (QED) is 0.609. The number of sulfonamides is 1. The predicted molar refractivity (Wildman–Crippen MR) is 81.9 cm³/mol. The summed E-state index contributed by atoms with van der Waals surface area (Å²) in [5.74, 6) is 0.435. The summed E-state index contributed by atoms with van der Waals surface area (Å²) in [6.07, 6.45) is 1.50. The standard InChI is InChI=1S/C11H16N4O3S3/c1-2-19-11-14-13-10(20-11)12-9(16)7-5-15(6-7)21(17,18)8-3-4-8/h7-8H,2-6H2,1H3,(H,12,13,16). The van der Waals surface area contributed by atoms with Crippen molar-refractivity contribution in [2.45, 2.75) is 29.4 Å². The molecule has 1 aliphatic heterocycles. The van der Waals surface area contributed by atoms with Gasteiger partial charge in [0.15, 0.2) is 4.34 Å². The van der Waals surface area contributed by atoms with E-state index < -0.39 is 10.0 Å². The SMILES string of the molecule is CCSc1nnc(NC(=O)C2CN(S(=O)(=O)C3CC3)C2)s1. The molecule has 0 spiro atoms. The van der Waals surface area contributed by atoms with Crippen molar-refractivity contribution in [1.82, 2.24) is 14.5 Å². The molecule has 0 unspecified atom stereocenters. The van der Waals surface area contributed by atoms with Crippen molar-refractivity contribution in [2.75, 3.05) is 24.2 Å². The molecular formula is C11H16N4O3S3. The first-order valence-corrected chi connectivity index (χ1v) is 10.1. The molecule has 0 bridgehead atoms. The van der Waals surface area contributed by atoms with Crippen molar-refractivity contribution in [3.8, 4) is 0 Å². The van der Waals surface area contributed by atoms with Crippen molar-refractivity contribution >= 4 is 44.2 Å². The summed E-state index contributed by atoms with van der Waals surface area (Å²) in [6, 6.07) is 0. The highest BCUT2D eigenvalue weighted by Gasteiger charge is 2.47. The number of anilines is 1. The fraction of sp³-hybridized carbons (Fsp3) is 0.727. The average Bonchev–Trinajstić information content (AvgIpc) is 3.12. The average molecular weight is 348 g/mol. The van der Waals surface area contributed by atoms with Gasteiger partial charge in [0.05, 0.1) is 11.2 Å². The number of thioether (sulfide) groups is 1. The molecule has 2 heterocycles. The van der Waals surface area contributed by atoms with E-state index in [4.69, 9.17) is 0 Å². The van der Waals surface area contributed by atoms with Gasteiger partial charge < -0.3 is 5.32 Å². The van der Waals surface area contributed by atoms with Crippen LogP contribution in [0.3, 0.4) is 0 Å². The van der Waals surface area contributed by atoms with Crippen LogP contribution >= 0.6 is 23.1 Å². The lowest BCUT2D eigenvalue weighted by molar-refractivity contribution is -0.122. The van der Waals surface area contributed by atoms with Crippen LogP contribution in [0.1, 0.15) is 19.8 Å². The number of aromatic nitrogens is 2. The van der Waals surface area contributed by atoms with E-state index in [1.54, 1.807) is 11.8 Å². The smallest absolute Gasteiger partial charge is 0.231 e. The zero-order valence-corrected chi connectivity index (χ0v) is 13.9.